The van der Waals surface area contributed by atoms with Crippen molar-refractivity contribution < 1.29 is 4.79 Å². The number of carbonyl (C=O) groups excluding carboxylic acids is 1. The van der Waals surface area contributed by atoms with Gasteiger partial charge in [0.1, 0.15) is 0 Å². The van der Waals surface area contributed by atoms with E-state index in [1.807, 2.05) is 19.5 Å². The topological polar surface area (TPSA) is 33.2 Å². The van der Waals surface area contributed by atoms with Crippen LogP contribution >= 0.6 is 22.9 Å². The highest BCUT2D eigenvalue weighted by molar-refractivity contribution is 7.09. The van der Waals surface area contributed by atoms with Crippen LogP contribution in [0.15, 0.2) is 29.8 Å². The summed E-state index contributed by atoms with van der Waals surface area (Å²) >= 11 is 7.47. The number of aromatic nitrogens is 1. The molecule has 0 saturated carbocycles. The number of benzene rings is 1. The fourth-order valence-electron chi connectivity index (χ4n) is 1.87. The molecule has 0 bridgehead atoms. The van der Waals surface area contributed by atoms with Crippen molar-refractivity contribution in [2.75, 3.05) is 13.6 Å². The van der Waals surface area contributed by atoms with E-state index in [4.69, 9.17) is 11.6 Å². The van der Waals surface area contributed by atoms with Crippen LogP contribution in [0.1, 0.15) is 27.3 Å². The predicted octanol–water partition coefficient (Wildman–Crippen LogP) is 3.81. The van der Waals surface area contributed by atoms with Crippen LogP contribution in [0.5, 0.6) is 0 Å². The maximum absolute atomic E-state index is 12.1. The van der Waals surface area contributed by atoms with E-state index in [0.717, 1.165) is 24.3 Å². The Morgan fingerprint density at radius 2 is 2.05 bits per heavy atom. The molecule has 0 N–H and O–H groups in total. The zero-order valence-electron chi connectivity index (χ0n) is 11.6. The zero-order chi connectivity index (χ0) is 14.5. The van der Waals surface area contributed by atoms with E-state index in [2.05, 4.69) is 9.88 Å². The first kappa shape index (κ1) is 15.2. The quantitative estimate of drug-likeness (QED) is 0.761. The van der Waals surface area contributed by atoms with Crippen LogP contribution in [0.4, 0.5) is 0 Å². The Bertz CT molecular complexity index is 580. The molecule has 0 atom stereocenters. The average molecular weight is 309 g/mol. The van der Waals surface area contributed by atoms with Crippen molar-refractivity contribution in [3.8, 4) is 0 Å². The number of halogens is 1. The molecular weight excluding hydrogens is 292 g/mol. The number of aryl methyl sites for hydroxylation is 1. The smallest absolute Gasteiger partial charge is 0.164 e. The van der Waals surface area contributed by atoms with Crippen LogP contribution in [0.3, 0.4) is 0 Å². The van der Waals surface area contributed by atoms with Gasteiger partial charge in [-0.05, 0) is 38.2 Å². The van der Waals surface area contributed by atoms with Crippen molar-refractivity contribution in [2.45, 2.75) is 19.9 Å². The SMILES string of the molecule is Cc1ncsc1CN(C)CCC(=O)c1ccc(Cl)cc1. The molecular formula is C15H17ClN2OS. The molecule has 1 heterocycles. The Morgan fingerprint density at radius 1 is 1.35 bits per heavy atom. The third-order valence-corrected chi connectivity index (χ3v) is 4.32. The number of Topliss-reactive ketones (excluding diaryl/α,β-unsaturated/α-hetero) is 1. The van der Waals surface area contributed by atoms with Gasteiger partial charge in [-0.3, -0.25) is 4.79 Å². The summed E-state index contributed by atoms with van der Waals surface area (Å²) in [6.07, 6.45) is 0.510. The summed E-state index contributed by atoms with van der Waals surface area (Å²) in [6, 6.07) is 7.05. The van der Waals surface area contributed by atoms with Gasteiger partial charge in [0.2, 0.25) is 0 Å². The Kier molecular flexibility index (Phi) is 5.29. The first-order valence-electron chi connectivity index (χ1n) is 6.42. The van der Waals surface area contributed by atoms with Crippen LogP contribution in [0, 0.1) is 6.92 Å². The molecule has 3 nitrogen and oxygen atoms in total. The van der Waals surface area contributed by atoms with E-state index < -0.39 is 0 Å². The second-order valence-corrected chi connectivity index (χ2v) is 6.15. The van der Waals surface area contributed by atoms with Gasteiger partial charge in [-0.2, -0.15) is 0 Å². The number of rotatable bonds is 6. The fourth-order valence-corrected chi connectivity index (χ4v) is 2.86. The van der Waals surface area contributed by atoms with Crippen LogP contribution in [-0.2, 0) is 6.54 Å². The fraction of sp³-hybridized carbons (Fsp3) is 0.333. The summed E-state index contributed by atoms with van der Waals surface area (Å²) in [5, 5.41) is 0.652. The Labute approximate surface area is 128 Å². The highest BCUT2D eigenvalue weighted by atomic mass is 35.5. The second-order valence-electron chi connectivity index (χ2n) is 4.78. The van der Waals surface area contributed by atoms with E-state index in [1.54, 1.807) is 35.6 Å². The maximum Gasteiger partial charge on any atom is 0.164 e. The summed E-state index contributed by atoms with van der Waals surface area (Å²) in [5.74, 6) is 0.148. The van der Waals surface area contributed by atoms with Gasteiger partial charge < -0.3 is 4.90 Å². The summed E-state index contributed by atoms with van der Waals surface area (Å²) in [5.41, 5.74) is 3.65. The molecule has 0 radical (unpaired) electrons. The van der Waals surface area contributed by atoms with Gasteiger partial charge >= 0.3 is 0 Å². The van der Waals surface area contributed by atoms with Crippen molar-refractivity contribution in [2.24, 2.45) is 0 Å². The molecule has 2 aromatic rings. The van der Waals surface area contributed by atoms with Gasteiger partial charge in [0.05, 0.1) is 11.2 Å². The van der Waals surface area contributed by atoms with E-state index >= 15 is 0 Å². The van der Waals surface area contributed by atoms with Crippen molar-refractivity contribution in [1.29, 1.82) is 0 Å². The molecule has 1 aromatic heterocycles. The third kappa shape index (κ3) is 4.13. The van der Waals surface area contributed by atoms with Gasteiger partial charge in [-0.25, -0.2) is 4.98 Å². The molecule has 20 heavy (non-hydrogen) atoms. The van der Waals surface area contributed by atoms with Crippen LogP contribution in [-0.4, -0.2) is 29.3 Å². The van der Waals surface area contributed by atoms with E-state index in [0.29, 0.717) is 11.4 Å². The molecule has 5 heteroatoms. The Balaban J connectivity index is 1.84. The van der Waals surface area contributed by atoms with Crippen molar-refractivity contribution in [3.05, 3.63) is 50.9 Å². The number of nitrogens with zero attached hydrogens (tertiary/aromatic N) is 2. The molecule has 2 rings (SSSR count). The van der Waals surface area contributed by atoms with Gasteiger partial charge in [-0.1, -0.05) is 11.6 Å². The number of ketones is 1. The molecule has 0 unspecified atom stereocenters. The average Bonchev–Trinajstić information content (AvgIpc) is 2.82. The summed E-state index contributed by atoms with van der Waals surface area (Å²) in [6.45, 7) is 3.59. The minimum atomic E-state index is 0.148. The molecule has 0 saturated heterocycles. The standard InChI is InChI=1S/C15H17ClN2OS/c1-11-15(20-10-17-11)9-18(2)8-7-14(19)12-3-5-13(16)6-4-12/h3-6,10H,7-9H2,1-2H3. The monoisotopic (exact) mass is 308 g/mol. The third-order valence-electron chi connectivity index (χ3n) is 3.15. The van der Waals surface area contributed by atoms with Crippen molar-refractivity contribution in [1.82, 2.24) is 9.88 Å². The predicted molar refractivity (Wildman–Crippen MR) is 83.6 cm³/mol. The van der Waals surface area contributed by atoms with Gasteiger partial charge in [0, 0.05) is 35.0 Å². The van der Waals surface area contributed by atoms with E-state index in [1.165, 1.54) is 4.88 Å². The molecule has 0 spiro atoms. The van der Waals surface area contributed by atoms with E-state index in [-0.39, 0.29) is 5.78 Å². The molecule has 106 valence electrons. The van der Waals surface area contributed by atoms with Gasteiger partial charge in [0.15, 0.2) is 5.78 Å². The van der Waals surface area contributed by atoms with Crippen molar-refractivity contribution >= 4 is 28.7 Å². The summed E-state index contributed by atoms with van der Waals surface area (Å²) in [7, 11) is 2.02. The van der Waals surface area contributed by atoms with E-state index in [9.17, 15) is 4.79 Å². The number of hydrogen-bond donors (Lipinski definition) is 0. The summed E-state index contributed by atoms with van der Waals surface area (Å²) in [4.78, 5) is 19.7. The molecule has 1 aromatic carbocycles. The lowest BCUT2D eigenvalue weighted by molar-refractivity contribution is 0.0968. The molecule has 0 amide bonds. The molecule has 0 aliphatic heterocycles. The normalized spacial score (nSPS) is 11.0. The summed E-state index contributed by atoms with van der Waals surface area (Å²) < 4.78 is 0. The largest absolute Gasteiger partial charge is 0.301 e. The van der Waals surface area contributed by atoms with Crippen LogP contribution in [0.2, 0.25) is 5.02 Å². The highest BCUT2D eigenvalue weighted by Gasteiger charge is 2.09. The lowest BCUT2D eigenvalue weighted by atomic mass is 10.1. The second kappa shape index (κ2) is 6.97. The Morgan fingerprint density at radius 3 is 2.65 bits per heavy atom. The number of thiazole rings is 1. The zero-order valence-corrected chi connectivity index (χ0v) is 13.2. The minimum absolute atomic E-state index is 0.148. The number of carbonyl (C=O) groups is 1. The minimum Gasteiger partial charge on any atom is -0.301 e. The maximum atomic E-state index is 12.1. The molecule has 0 fully saturated rings. The van der Waals surface area contributed by atoms with Crippen molar-refractivity contribution in [3.63, 3.8) is 0 Å². The lowest BCUT2D eigenvalue weighted by Crippen LogP contribution is -2.21. The number of hydrogen-bond acceptors (Lipinski definition) is 4. The first-order chi connectivity index (χ1) is 9.56. The molecule has 0 aliphatic rings. The van der Waals surface area contributed by atoms with Gasteiger partial charge in [-0.15, -0.1) is 11.3 Å². The first-order valence-corrected chi connectivity index (χ1v) is 7.68. The lowest BCUT2D eigenvalue weighted by Gasteiger charge is -2.15. The molecule has 0 aliphatic carbocycles. The van der Waals surface area contributed by atoms with Gasteiger partial charge in [0.25, 0.3) is 0 Å². The Hall–Kier alpha value is -1.23. The van der Waals surface area contributed by atoms with Crippen LogP contribution < -0.4 is 0 Å². The van der Waals surface area contributed by atoms with Crippen LogP contribution in [0.25, 0.3) is 0 Å². The highest BCUT2D eigenvalue weighted by Crippen LogP contribution is 2.15.